The molecule has 1 aromatic heterocycles. The average Bonchev–Trinajstić information content (AvgIpc) is 2.86. The zero-order chi connectivity index (χ0) is 14.9. The number of alkyl halides is 3. The minimum atomic E-state index is -4.50. The van der Waals surface area contributed by atoms with Gasteiger partial charge in [-0.2, -0.15) is 13.2 Å². The van der Waals surface area contributed by atoms with Gasteiger partial charge in [0.15, 0.2) is 0 Å². The van der Waals surface area contributed by atoms with Crippen LogP contribution in [-0.2, 0) is 6.18 Å². The summed E-state index contributed by atoms with van der Waals surface area (Å²) in [4.78, 5) is 10.7. The third kappa shape index (κ3) is 2.58. The van der Waals surface area contributed by atoms with E-state index >= 15 is 0 Å². The Morgan fingerprint density at radius 2 is 2.05 bits per heavy atom. The molecule has 0 aliphatic rings. The molecule has 8 heteroatoms. The summed E-state index contributed by atoms with van der Waals surface area (Å²) in [6.45, 7) is 0. The molecular formula is C12H8F3NO4. The molecule has 0 fully saturated rings. The van der Waals surface area contributed by atoms with E-state index in [4.69, 9.17) is 9.84 Å². The molecule has 0 bridgehead atoms. The van der Waals surface area contributed by atoms with Gasteiger partial charge in [-0.05, 0) is 18.2 Å². The fourth-order valence-corrected chi connectivity index (χ4v) is 1.58. The molecule has 20 heavy (non-hydrogen) atoms. The molecule has 0 atom stereocenters. The number of nitrogens with zero attached hydrogens (tertiary/aromatic N) is 1. The zero-order valence-corrected chi connectivity index (χ0v) is 10.1. The number of hydrogen-bond donors (Lipinski definition) is 1. The van der Waals surface area contributed by atoms with Crippen molar-refractivity contribution in [3.05, 3.63) is 35.6 Å². The molecule has 106 valence electrons. The second-order valence-corrected chi connectivity index (χ2v) is 3.79. The lowest BCUT2D eigenvalue weighted by Crippen LogP contribution is -2.05. The maximum Gasteiger partial charge on any atom is 0.416 e. The minimum absolute atomic E-state index is 0.0768. The summed E-state index contributed by atoms with van der Waals surface area (Å²) in [5, 5.41) is 12.2. The predicted octanol–water partition coefficient (Wildman–Crippen LogP) is 3.07. The molecule has 0 saturated carbocycles. The van der Waals surface area contributed by atoms with Crippen molar-refractivity contribution < 1.29 is 32.3 Å². The van der Waals surface area contributed by atoms with Crippen LogP contribution in [0.1, 0.15) is 16.1 Å². The Kier molecular flexibility index (Phi) is 3.39. The van der Waals surface area contributed by atoms with Crippen molar-refractivity contribution in [2.45, 2.75) is 6.18 Å². The summed E-state index contributed by atoms with van der Waals surface area (Å²) in [6, 6.07) is 3.91. The summed E-state index contributed by atoms with van der Waals surface area (Å²) in [5.74, 6) is -1.82. The summed E-state index contributed by atoms with van der Waals surface area (Å²) < 4.78 is 47.2. The first-order chi connectivity index (χ1) is 9.32. The number of ether oxygens (including phenoxy) is 1. The van der Waals surface area contributed by atoms with Gasteiger partial charge >= 0.3 is 12.1 Å². The lowest BCUT2D eigenvalue weighted by molar-refractivity contribution is -0.137. The van der Waals surface area contributed by atoms with Gasteiger partial charge in [-0.15, -0.1) is 0 Å². The van der Waals surface area contributed by atoms with Crippen LogP contribution in [0.15, 0.2) is 28.8 Å². The highest BCUT2D eigenvalue weighted by molar-refractivity contribution is 5.86. The summed E-state index contributed by atoms with van der Waals surface area (Å²) in [6.07, 6.45) is -4.50. The molecule has 1 aromatic carbocycles. The van der Waals surface area contributed by atoms with Crippen molar-refractivity contribution in [3.8, 4) is 17.0 Å². The zero-order valence-electron chi connectivity index (χ0n) is 10.1. The van der Waals surface area contributed by atoms with Gasteiger partial charge in [0.1, 0.15) is 11.4 Å². The number of benzene rings is 1. The van der Waals surface area contributed by atoms with E-state index in [1.807, 2.05) is 0 Å². The highest BCUT2D eigenvalue weighted by Crippen LogP contribution is 2.36. The van der Waals surface area contributed by atoms with E-state index in [0.717, 1.165) is 24.3 Å². The van der Waals surface area contributed by atoms with Gasteiger partial charge in [-0.3, -0.25) is 0 Å². The Labute approximate surface area is 110 Å². The molecule has 0 saturated heterocycles. The molecular weight excluding hydrogens is 279 g/mol. The first kappa shape index (κ1) is 13.9. The van der Waals surface area contributed by atoms with Crippen molar-refractivity contribution in [2.24, 2.45) is 0 Å². The van der Waals surface area contributed by atoms with Gasteiger partial charge in [0.25, 0.3) is 0 Å². The van der Waals surface area contributed by atoms with Gasteiger partial charge in [0.05, 0.1) is 12.7 Å². The lowest BCUT2D eigenvalue weighted by Gasteiger charge is -2.11. The Morgan fingerprint density at radius 3 is 2.55 bits per heavy atom. The van der Waals surface area contributed by atoms with Crippen LogP contribution in [0.25, 0.3) is 11.3 Å². The monoisotopic (exact) mass is 287 g/mol. The average molecular weight is 287 g/mol. The molecule has 1 N–H and O–H groups in total. The molecule has 1 heterocycles. The fourth-order valence-electron chi connectivity index (χ4n) is 1.58. The molecule has 0 amide bonds. The van der Waals surface area contributed by atoms with E-state index in [1.54, 1.807) is 0 Å². The Hall–Kier alpha value is -2.51. The van der Waals surface area contributed by atoms with E-state index < -0.39 is 23.5 Å². The largest absolute Gasteiger partial charge is 0.496 e. The van der Waals surface area contributed by atoms with Crippen molar-refractivity contribution in [1.82, 2.24) is 5.16 Å². The number of halogens is 3. The minimum Gasteiger partial charge on any atom is -0.496 e. The molecule has 2 aromatic rings. The highest BCUT2D eigenvalue weighted by Gasteiger charge is 2.31. The van der Waals surface area contributed by atoms with E-state index in [1.165, 1.54) is 7.11 Å². The number of aromatic nitrogens is 1. The van der Waals surface area contributed by atoms with Gasteiger partial charge in [0.2, 0.25) is 5.76 Å². The van der Waals surface area contributed by atoms with Crippen LogP contribution in [0.5, 0.6) is 5.75 Å². The van der Waals surface area contributed by atoms with Crippen LogP contribution in [-0.4, -0.2) is 23.3 Å². The number of methoxy groups -OCH3 is 1. The maximum atomic E-state index is 12.6. The maximum absolute atomic E-state index is 12.6. The molecule has 2 rings (SSSR count). The van der Waals surface area contributed by atoms with Gasteiger partial charge in [0, 0.05) is 11.6 Å². The second kappa shape index (κ2) is 4.87. The summed E-state index contributed by atoms with van der Waals surface area (Å²) >= 11 is 0. The molecule has 0 aliphatic heterocycles. The van der Waals surface area contributed by atoms with Crippen molar-refractivity contribution in [3.63, 3.8) is 0 Å². The Morgan fingerprint density at radius 1 is 1.35 bits per heavy atom. The normalized spacial score (nSPS) is 11.4. The van der Waals surface area contributed by atoms with E-state index in [9.17, 15) is 18.0 Å². The fraction of sp³-hybridized carbons (Fsp3) is 0.167. The standard InChI is InChI=1S/C12H8F3NO4/c1-19-9-4-6(12(13,14)15)2-3-7(9)8-5-10(11(17)18)20-16-8/h2-5H,1H3,(H,17,18). The summed E-state index contributed by atoms with van der Waals surface area (Å²) in [5.41, 5.74) is -0.593. The van der Waals surface area contributed by atoms with Gasteiger partial charge in [-0.25, -0.2) is 4.79 Å². The van der Waals surface area contributed by atoms with Gasteiger partial charge < -0.3 is 14.4 Å². The number of carboxylic acid groups (broad SMARTS) is 1. The van der Waals surface area contributed by atoms with Crippen LogP contribution in [0.3, 0.4) is 0 Å². The SMILES string of the molecule is COc1cc(C(F)(F)F)ccc1-c1cc(C(=O)O)on1. The Balaban J connectivity index is 2.48. The molecule has 0 unspecified atom stereocenters. The molecule has 0 spiro atoms. The van der Waals surface area contributed by atoms with Gasteiger partial charge in [-0.1, -0.05) is 5.16 Å². The van der Waals surface area contributed by atoms with Crippen LogP contribution >= 0.6 is 0 Å². The van der Waals surface area contributed by atoms with Crippen LogP contribution < -0.4 is 4.74 Å². The lowest BCUT2D eigenvalue weighted by atomic mass is 10.1. The number of carboxylic acids is 1. The van der Waals surface area contributed by atoms with E-state index in [-0.39, 0.29) is 17.0 Å². The number of aromatic carboxylic acids is 1. The van der Waals surface area contributed by atoms with Crippen molar-refractivity contribution >= 4 is 5.97 Å². The van der Waals surface area contributed by atoms with Crippen molar-refractivity contribution in [1.29, 1.82) is 0 Å². The van der Waals surface area contributed by atoms with E-state index in [2.05, 4.69) is 9.68 Å². The first-order valence-corrected chi connectivity index (χ1v) is 5.28. The van der Waals surface area contributed by atoms with Crippen molar-refractivity contribution in [2.75, 3.05) is 7.11 Å². The topological polar surface area (TPSA) is 72.6 Å². The molecule has 0 aliphatic carbocycles. The number of rotatable bonds is 3. The third-order valence-corrected chi connectivity index (χ3v) is 2.53. The Bertz CT molecular complexity index is 648. The first-order valence-electron chi connectivity index (χ1n) is 5.28. The molecule has 5 nitrogen and oxygen atoms in total. The van der Waals surface area contributed by atoms with Crippen LogP contribution in [0.2, 0.25) is 0 Å². The number of hydrogen-bond acceptors (Lipinski definition) is 4. The second-order valence-electron chi connectivity index (χ2n) is 3.79. The predicted molar refractivity (Wildman–Crippen MR) is 60.5 cm³/mol. The van der Waals surface area contributed by atoms with E-state index in [0.29, 0.717) is 0 Å². The smallest absolute Gasteiger partial charge is 0.416 e. The summed E-state index contributed by atoms with van der Waals surface area (Å²) in [7, 11) is 1.21. The quantitative estimate of drug-likeness (QED) is 0.939. The van der Waals surface area contributed by atoms with Crippen LogP contribution in [0.4, 0.5) is 13.2 Å². The van der Waals surface area contributed by atoms with Crippen LogP contribution in [0, 0.1) is 0 Å². The molecule has 0 radical (unpaired) electrons. The third-order valence-electron chi connectivity index (χ3n) is 2.53. The number of carbonyl (C=O) groups is 1. The highest BCUT2D eigenvalue weighted by atomic mass is 19.4.